The van der Waals surface area contributed by atoms with Gasteiger partial charge in [0.15, 0.2) is 5.75 Å². The first-order chi connectivity index (χ1) is 7.00. The fraction of sp³-hybridized carbons (Fsp3) is 0. The molecule has 0 atom stereocenters. The summed E-state index contributed by atoms with van der Waals surface area (Å²) in [5, 5.41) is 13.0. The predicted octanol–water partition coefficient (Wildman–Crippen LogP) is 1.70. The van der Waals surface area contributed by atoms with E-state index in [2.05, 4.69) is 5.10 Å². The number of phenolic OH excluding ortho intramolecular Hbond substituents is 1. The van der Waals surface area contributed by atoms with E-state index in [-0.39, 0.29) is 15.8 Å². The molecule has 0 aliphatic carbocycles. The van der Waals surface area contributed by atoms with Gasteiger partial charge in [0, 0.05) is 0 Å². The van der Waals surface area contributed by atoms with Crippen LogP contribution in [0.3, 0.4) is 0 Å². The quantitative estimate of drug-likeness (QED) is 0.549. The number of hydrazone groups is 1. The van der Waals surface area contributed by atoms with Gasteiger partial charge in [-0.05, 0) is 17.7 Å². The zero-order chi connectivity index (χ0) is 11.4. The number of nitrogens with zero attached hydrogens (tertiary/aromatic N) is 1. The highest BCUT2D eigenvalue weighted by Gasteiger charge is 2.04. The van der Waals surface area contributed by atoms with Crippen molar-refractivity contribution in [3.8, 4) is 5.75 Å². The second-order valence-corrected chi connectivity index (χ2v) is 3.38. The molecule has 0 radical (unpaired) electrons. The topological polar surface area (TPSA) is 87.7 Å². The molecule has 0 heterocycles. The molecule has 0 spiro atoms. The average molecular weight is 248 g/mol. The van der Waals surface area contributed by atoms with Crippen LogP contribution >= 0.6 is 23.2 Å². The Bertz CT molecular complexity index is 397. The maximum Gasteiger partial charge on any atom is 0.332 e. The number of benzene rings is 1. The van der Waals surface area contributed by atoms with Crippen LogP contribution in [0.5, 0.6) is 5.75 Å². The fourth-order valence-corrected chi connectivity index (χ4v) is 1.33. The molecule has 1 rings (SSSR count). The largest absolute Gasteiger partial charge is 0.505 e. The van der Waals surface area contributed by atoms with Crippen molar-refractivity contribution in [1.82, 2.24) is 5.43 Å². The zero-order valence-corrected chi connectivity index (χ0v) is 8.88. The Morgan fingerprint density at radius 2 is 2.00 bits per heavy atom. The number of hydrogen-bond acceptors (Lipinski definition) is 3. The van der Waals surface area contributed by atoms with Gasteiger partial charge in [-0.25, -0.2) is 10.2 Å². The van der Waals surface area contributed by atoms with Gasteiger partial charge < -0.3 is 10.8 Å². The van der Waals surface area contributed by atoms with Crippen LogP contribution in [0.1, 0.15) is 5.56 Å². The Morgan fingerprint density at radius 1 is 1.47 bits per heavy atom. The summed E-state index contributed by atoms with van der Waals surface area (Å²) in [7, 11) is 0. The van der Waals surface area contributed by atoms with Crippen molar-refractivity contribution in [2.24, 2.45) is 10.8 Å². The molecule has 1 aromatic rings. The van der Waals surface area contributed by atoms with Gasteiger partial charge in [0.1, 0.15) is 0 Å². The van der Waals surface area contributed by atoms with E-state index in [0.29, 0.717) is 5.56 Å². The maximum absolute atomic E-state index is 10.3. The number of amides is 2. The summed E-state index contributed by atoms with van der Waals surface area (Å²) in [4.78, 5) is 10.3. The lowest BCUT2D eigenvalue weighted by atomic mass is 10.2. The van der Waals surface area contributed by atoms with E-state index in [0.717, 1.165) is 0 Å². The predicted molar refractivity (Wildman–Crippen MR) is 58.4 cm³/mol. The molecular weight excluding hydrogens is 241 g/mol. The van der Waals surface area contributed by atoms with Gasteiger partial charge in [-0.15, -0.1) is 0 Å². The molecule has 4 N–H and O–H groups in total. The van der Waals surface area contributed by atoms with Gasteiger partial charge in [0.05, 0.1) is 16.3 Å². The molecule has 0 fully saturated rings. The number of phenols is 1. The third kappa shape index (κ3) is 3.30. The van der Waals surface area contributed by atoms with E-state index >= 15 is 0 Å². The summed E-state index contributed by atoms with van der Waals surface area (Å²) in [5.41, 5.74) is 7.32. The number of primary amides is 1. The Morgan fingerprint density at radius 3 is 2.47 bits per heavy atom. The molecule has 1 aromatic carbocycles. The van der Waals surface area contributed by atoms with Gasteiger partial charge in [0.2, 0.25) is 0 Å². The normalized spacial score (nSPS) is 10.5. The van der Waals surface area contributed by atoms with Gasteiger partial charge in [-0.2, -0.15) is 5.10 Å². The molecule has 80 valence electrons. The number of nitrogens with two attached hydrogens (primary N) is 1. The summed E-state index contributed by atoms with van der Waals surface area (Å²) >= 11 is 11.3. The summed E-state index contributed by atoms with van der Waals surface area (Å²) in [6.07, 6.45) is 1.29. The standard InChI is InChI=1S/C8H7Cl2N3O2/c9-5-1-4(2-6(10)7(5)14)3-12-13-8(11)15/h1-3,14H,(H3,11,13,15)/b12-3+. The van der Waals surface area contributed by atoms with Crippen LogP contribution in [0.2, 0.25) is 10.0 Å². The lowest BCUT2D eigenvalue weighted by Gasteiger charge is -2.01. The molecule has 0 saturated heterocycles. The lowest BCUT2D eigenvalue weighted by molar-refractivity contribution is 0.249. The molecule has 0 aliphatic heterocycles. The monoisotopic (exact) mass is 247 g/mol. The van der Waals surface area contributed by atoms with Crippen molar-refractivity contribution in [1.29, 1.82) is 0 Å². The Kier molecular flexibility index (Phi) is 3.76. The van der Waals surface area contributed by atoms with E-state index in [4.69, 9.17) is 28.9 Å². The number of carbonyl (C=O) groups excluding carboxylic acids is 1. The average Bonchev–Trinajstić information content (AvgIpc) is 2.13. The van der Waals surface area contributed by atoms with E-state index < -0.39 is 6.03 Å². The Labute approximate surface area is 95.5 Å². The minimum atomic E-state index is -0.776. The van der Waals surface area contributed by atoms with Crippen LogP contribution in [-0.2, 0) is 0 Å². The van der Waals surface area contributed by atoms with E-state index in [1.807, 2.05) is 5.43 Å². The smallest absolute Gasteiger partial charge is 0.332 e. The number of carbonyl (C=O) groups is 1. The molecule has 0 bridgehead atoms. The number of nitrogens with one attached hydrogen (secondary N) is 1. The van der Waals surface area contributed by atoms with Crippen molar-refractivity contribution in [2.45, 2.75) is 0 Å². The van der Waals surface area contributed by atoms with Crippen LogP contribution < -0.4 is 11.2 Å². The van der Waals surface area contributed by atoms with E-state index in [9.17, 15) is 9.90 Å². The fourth-order valence-electron chi connectivity index (χ4n) is 0.830. The van der Waals surface area contributed by atoms with Crippen molar-refractivity contribution < 1.29 is 9.90 Å². The van der Waals surface area contributed by atoms with E-state index in [1.54, 1.807) is 0 Å². The molecule has 0 aliphatic rings. The first-order valence-electron chi connectivity index (χ1n) is 3.77. The summed E-state index contributed by atoms with van der Waals surface area (Å²) in [5.74, 6) is -0.196. The third-order valence-electron chi connectivity index (χ3n) is 1.43. The van der Waals surface area contributed by atoms with Crippen LogP contribution in [0, 0.1) is 0 Å². The number of rotatable bonds is 2. The van der Waals surface area contributed by atoms with Gasteiger partial charge in [0.25, 0.3) is 0 Å². The lowest BCUT2D eigenvalue weighted by Crippen LogP contribution is -2.24. The minimum absolute atomic E-state index is 0.100. The Hall–Kier alpha value is -1.46. The highest BCUT2D eigenvalue weighted by Crippen LogP contribution is 2.32. The molecule has 15 heavy (non-hydrogen) atoms. The SMILES string of the molecule is NC(=O)N/N=C/c1cc(Cl)c(O)c(Cl)c1. The highest BCUT2D eigenvalue weighted by molar-refractivity contribution is 6.37. The van der Waals surface area contributed by atoms with Crippen LogP contribution in [0.25, 0.3) is 0 Å². The molecule has 2 amide bonds. The molecule has 0 aromatic heterocycles. The van der Waals surface area contributed by atoms with Crippen LogP contribution in [-0.4, -0.2) is 17.4 Å². The summed E-state index contributed by atoms with van der Waals surface area (Å²) in [6, 6.07) is 2.10. The molecule has 7 heteroatoms. The molecule has 5 nitrogen and oxygen atoms in total. The number of aromatic hydroxyl groups is 1. The number of halogens is 2. The number of hydrogen-bond donors (Lipinski definition) is 3. The van der Waals surface area contributed by atoms with Crippen molar-refractivity contribution >= 4 is 35.4 Å². The van der Waals surface area contributed by atoms with Crippen LogP contribution in [0.15, 0.2) is 17.2 Å². The van der Waals surface area contributed by atoms with Gasteiger partial charge in [-0.1, -0.05) is 23.2 Å². The zero-order valence-electron chi connectivity index (χ0n) is 7.37. The van der Waals surface area contributed by atoms with E-state index in [1.165, 1.54) is 18.3 Å². The van der Waals surface area contributed by atoms with Crippen molar-refractivity contribution in [3.63, 3.8) is 0 Å². The Balaban J connectivity index is 2.87. The van der Waals surface area contributed by atoms with Gasteiger partial charge >= 0.3 is 6.03 Å². The first-order valence-corrected chi connectivity index (χ1v) is 4.53. The summed E-state index contributed by atoms with van der Waals surface area (Å²) in [6.45, 7) is 0. The molecule has 0 saturated carbocycles. The molecule has 0 unspecified atom stereocenters. The van der Waals surface area contributed by atoms with Gasteiger partial charge in [-0.3, -0.25) is 0 Å². The second-order valence-electron chi connectivity index (χ2n) is 2.57. The first kappa shape index (κ1) is 11.6. The summed E-state index contributed by atoms with van der Waals surface area (Å²) < 4.78 is 0. The minimum Gasteiger partial charge on any atom is -0.505 e. The highest BCUT2D eigenvalue weighted by atomic mass is 35.5. The van der Waals surface area contributed by atoms with Crippen molar-refractivity contribution in [3.05, 3.63) is 27.7 Å². The van der Waals surface area contributed by atoms with Crippen LogP contribution in [0.4, 0.5) is 4.79 Å². The maximum atomic E-state index is 10.3. The third-order valence-corrected chi connectivity index (χ3v) is 2.00. The molecular formula is C8H7Cl2N3O2. The number of urea groups is 1. The van der Waals surface area contributed by atoms with Crippen molar-refractivity contribution in [2.75, 3.05) is 0 Å². The second kappa shape index (κ2) is 4.86.